The molecule has 4 aliphatic rings. The molecule has 5 rings (SSSR count). The fourth-order valence-corrected chi connectivity index (χ4v) is 6.26. The van der Waals surface area contributed by atoms with Gasteiger partial charge in [-0.3, -0.25) is 19.3 Å². The van der Waals surface area contributed by atoms with Crippen LogP contribution in [0, 0.1) is 5.92 Å². The van der Waals surface area contributed by atoms with Crippen LogP contribution >= 0.6 is 11.6 Å². The largest absolute Gasteiger partial charge is 0.444 e. The summed E-state index contributed by atoms with van der Waals surface area (Å²) in [6.45, 7) is 5.68. The van der Waals surface area contributed by atoms with Gasteiger partial charge in [0.05, 0.1) is 19.7 Å². The van der Waals surface area contributed by atoms with Gasteiger partial charge in [0.25, 0.3) is 0 Å². The number of amides is 5. The zero-order valence-electron chi connectivity index (χ0n) is 25.7. The van der Waals surface area contributed by atoms with Gasteiger partial charge in [-0.2, -0.15) is 0 Å². The molecule has 0 spiro atoms. The molecule has 0 radical (unpaired) electrons. The molecule has 0 bridgehead atoms. The molecule has 0 aromatic heterocycles. The molecule has 1 aliphatic carbocycles. The number of halogens is 1. The number of nitrogens with one attached hydrogen (secondary N) is 2. The molecule has 45 heavy (non-hydrogen) atoms. The highest BCUT2D eigenvalue weighted by Crippen LogP contribution is 2.45. The molecule has 1 aromatic rings. The Morgan fingerprint density at radius 2 is 1.98 bits per heavy atom. The first-order chi connectivity index (χ1) is 21.3. The highest BCUT2D eigenvalue weighted by atomic mass is 35.5. The van der Waals surface area contributed by atoms with E-state index in [0.717, 1.165) is 11.1 Å². The molecular formula is C31H40ClN5O8. The monoisotopic (exact) mass is 645 g/mol. The minimum absolute atomic E-state index is 0.0276. The van der Waals surface area contributed by atoms with E-state index in [1.54, 1.807) is 26.8 Å². The first-order valence-corrected chi connectivity index (χ1v) is 15.5. The van der Waals surface area contributed by atoms with Crippen LogP contribution in [0.1, 0.15) is 57.6 Å². The average Bonchev–Trinajstić information content (AvgIpc) is 3.27. The Morgan fingerprint density at radius 1 is 1.20 bits per heavy atom. The van der Waals surface area contributed by atoms with Gasteiger partial charge in [0, 0.05) is 30.5 Å². The Morgan fingerprint density at radius 3 is 2.69 bits per heavy atom. The molecule has 1 saturated carbocycles. The summed E-state index contributed by atoms with van der Waals surface area (Å²) in [5.74, 6) is -2.18. The van der Waals surface area contributed by atoms with Crippen LogP contribution in [0.2, 0.25) is 5.02 Å². The molecule has 2 fully saturated rings. The van der Waals surface area contributed by atoms with Gasteiger partial charge in [-0.1, -0.05) is 35.9 Å². The van der Waals surface area contributed by atoms with Crippen LogP contribution in [0.4, 0.5) is 9.59 Å². The van der Waals surface area contributed by atoms with Crippen molar-refractivity contribution in [3.63, 3.8) is 0 Å². The topological polar surface area (TPSA) is 170 Å². The van der Waals surface area contributed by atoms with Crippen molar-refractivity contribution < 1.29 is 38.2 Å². The normalized spacial score (nSPS) is 29.2. The number of carbonyl (C=O) groups is 5. The van der Waals surface area contributed by atoms with E-state index in [4.69, 9.17) is 31.5 Å². The molecule has 13 nitrogen and oxygen atoms in total. The van der Waals surface area contributed by atoms with E-state index in [9.17, 15) is 24.0 Å². The van der Waals surface area contributed by atoms with Crippen molar-refractivity contribution in [2.24, 2.45) is 11.7 Å². The number of nitrogens with two attached hydrogens (primary N) is 1. The van der Waals surface area contributed by atoms with Crippen LogP contribution in [0.3, 0.4) is 0 Å². The molecule has 14 heteroatoms. The van der Waals surface area contributed by atoms with E-state index >= 15 is 0 Å². The highest BCUT2D eigenvalue weighted by Gasteiger charge is 2.60. The van der Waals surface area contributed by atoms with Gasteiger partial charge in [-0.05, 0) is 57.2 Å². The van der Waals surface area contributed by atoms with Crippen molar-refractivity contribution in [3.8, 4) is 0 Å². The number of alkyl carbamates (subject to hydrolysis) is 1. The summed E-state index contributed by atoms with van der Waals surface area (Å²) in [6.07, 6.45) is 3.06. The fraction of sp³-hybridized carbons (Fsp3) is 0.581. The molecule has 0 unspecified atom stereocenters. The second-order valence-electron chi connectivity index (χ2n) is 13.0. The Balaban J connectivity index is 1.37. The minimum atomic E-state index is -1.28. The van der Waals surface area contributed by atoms with Crippen molar-refractivity contribution in [1.82, 2.24) is 20.4 Å². The molecule has 5 amide bonds. The second kappa shape index (κ2) is 12.9. The maximum atomic E-state index is 14.0. The van der Waals surface area contributed by atoms with Gasteiger partial charge in [0.2, 0.25) is 17.7 Å². The third-order valence-corrected chi connectivity index (χ3v) is 8.76. The van der Waals surface area contributed by atoms with Crippen molar-refractivity contribution in [2.75, 3.05) is 19.8 Å². The summed E-state index contributed by atoms with van der Waals surface area (Å²) in [7, 11) is 0. The number of benzene rings is 1. The van der Waals surface area contributed by atoms with E-state index in [1.807, 2.05) is 24.3 Å². The number of nitrogens with zero attached hydrogens (tertiary/aromatic N) is 2. The van der Waals surface area contributed by atoms with Crippen molar-refractivity contribution in [3.05, 3.63) is 46.5 Å². The lowest BCUT2D eigenvalue weighted by molar-refractivity contribution is -0.142. The van der Waals surface area contributed by atoms with Gasteiger partial charge in [-0.25, -0.2) is 9.59 Å². The molecule has 4 N–H and O–H groups in total. The van der Waals surface area contributed by atoms with Crippen LogP contribution in [0.15, 0.2) is 30.4 Å². The fourth-order valence-electron chi connectivity index (χ4n) is 6.00. The number of ether oxygens (including phenoxy) is 3. The van der Waals surface area contributed by atoms with E-state index in [2.05, 4.69) is 10.6 Å². The number of fused-ring (bicyclic) bond motifs is 3. The van der Waals surface area contributed by atoms with Gasteiger partial charge >= 0.3 is 12.2 Å². The number of hydrogen-bond acceptors (Lipinski definition) is 8. The van der Waals surface area contributed by atoms with E-state index in [0.29, 0.717) is 37.4 Å². The summed E-state index contributed by atoms with van der Waals surface area (Å²) < 4.78 is 17.0. The number of primary amides is 1. The maximum absolute atomic E-state index is 14.0. The maximum Gasteiger partial charge on any atom is 0.410 e. The van der Waals surface area contributed by atoms with Gasteiger partial charge < -0.3 is 35.5 Å². The predicted molar refractivity (Wildman–Crippen MR) is 162 cm³/mol. The van der Waals surface area contributed by atoms with Crippen LogP contribution in [-0.2, 0) is 41.7 Å². The summed E-state index contributed by atoms with van der Waals surface area (Å²) in [4.78, 5) is 69.0. The van der Waals surface area contributed by atoms with Crippen LogP contribution in [0.5, 0.6) is 0 Å². The van der Waals surface area contributed by atoms with Crippen LogP contribution in [0.25, 0.3) is 0 Å². The van der Waals surface area contributed by atoms with Crippen molar-refractivity contribution in [1.29, 1.82) is 0 Å². The summed E-state index contributed by atoms with van der Waals surface area (Å²) in [5.41, 5.74) is 5.39. The summed E-state index contributed by atoms with van der Waals surface area (Å²) in [5, 5.41) is 5.93. The third-order valence-electron chi connectivity index (χ3n) is 8.40. The molecule has 3 heterocycles. The molecule has 244 valence electrons. The summed E-state index contributed by atoms with van der Waals surface area (Å²) in [6, 6.07) is 3.15. The minimum Gasteiger partial charge on any atom is -0.444 e. The second-order valence-corrected chi connectivity index (χ2v) is 13.4. The number of rotatable bonds is 3. The first-order valence-electron chi connectivity index (χ1n) is 15.2. The zero-order valence-corrected chi connectivity index (χ0v) is 26.4. The Labute approximate surface area is 266 Å². The third kappa shape index (κ3) is 7.36. The van der Waals surface area contributed by atoms with E-state index in [1.165, 1.54) is 9.80 Å². The van der Waals surface area contributed by atoms with Crippen molar-refractivity contribution >= 4 is 41.5 Å². The Hall–Kier alpha value is -3.84. The summed E-state index contributed by atoms with van der Waals surface area (Å²) >= 11 is 6.32. The van der Waals surface area contributed by atoms with Gasteiger partial charge in [0.1, 0.15) is 29.3 Å². The first kappa shape index (κ1) is 32.6. The number of hydrogen-bond donors (Lipinski definition) is 3. The predicted octanol–water partition coefficient (Wildman–Crippen LogP) is 2.38. The quantitative estimate of drug-likeness (QED) is 0.421. The average molecular weight is 646 g/mol. The van der Waals surface area contributed by atoms with Crippen molar-refractivity contribution in [2.45, 2.75) is 88.9 Å². The number of carbonyl (C=O) groups excluding carboxylic acids is 5. The number of allylic oxidation sites excluding steroid dienone is 1. The Bertz CT molecular complexity index is 1400. The molecule has 3 aliphatic heterocycles. The molecular weight excluding hydrogens is 606 g/mol. The van der Waals surface area contributed by atoms with E-state index < -0.39 is 59.2 Å². The Kier molecular flexibility index (Phi) is 9.31. The lowest BCUT2D eigenvalue weighted by Crippen LogP contribution is -2.58. The lowest BCUT2D eigenvalue weighted by atomic mass is 10.1. The smallest absolute Gasteiger partial charge is 0.410 e. The standard InChI is InChI=1S/C31H40ClN5O8/c1-30(2,3)45-28(41)34-23-17-43-11-6-4-5-9-19-13-31(19,27(33)40)35-25(38)24-12-20(15-37(24)26(23)39)44-29(42)36-14-18-8-7-10-22(32)21(18)16-36/h5,7-10,19-20,23-24H,4,6,11-17H2,1-3H3,(H2,33,40)(H,34,41)(H,35,38)/b9-5-/t19-,20+,23-,24-,31+/m0/s1. The van der Waals surface area contributed by atoms with Gasteiger partial charge in [-0.15, -0.1) is 0 Å². The molecule has 1 aromatic carbocycles. The van der Waals surface area contributed by atoms with Crippen LogP contribution < -0.4 is 16.4 Å². The highest BCUT2D eigenvalue weighted by molar-refractivity contribution is 6.31. The zero-order chi connectivity index (χ0) is 32.5. The molecule has 5 atom stereocenters. The van der Waals surface area contributed by atoms with E-state index in [-0.39, 0.29) is 32.0 Å². The van der Waals surface area contributed by atoms with Gasteiger partial charge in [0.15, 0.2) is 0 Å². The lowest BCUT2D eigenvalue weighted by Gasteiger charge is -2.30. The molecule has 1 saturated heterocycles. The van der Waals surface area contributed by atoms with Crippen LogP contribution in [-0.4, -0.2) is 88.8 Å². The SMILES string of the molecule is CC(C)(C)OC(=O)N[C@H]1COCCC/C=C\[C@H]2C[C@@]2(C(N)=O)NC(=O)[C@@H]2C[C@@H](OC(=O)N3Cc4cccc(Cl)c4C3)CN2C1=O.